The van der Waals surface area contributed by atoms with Gasteiger partial charge in [-0.3, -0.25) is 0 Å². The van der Waals surface area contributed by atoms with Crippen LogP contribution in [0.4, 0.5) is 0 Å². The molecule has 0 spiro atoms. The summed E-state index contributed by atoms with van der Waals surface area (Å²) in [5.74, 6) is 0.669. The summed E-state index contributed by atoms with van der Waals surface area (Å²) >= 11 is 0. The highest BCUT2D eigenvalue weighted by molar-refractivity contribution is 5.31. The third-order valence-electron chi connectivity index (χ3n) is 1.97. The third kappa shape index (κ3) is 0.994. The van der Waals surface area contributed by atoms with E-state index in [1.165, 1.54) is 0 Å². The van der Waals surface area contributed by atoms with Crippen LogP contribution in [0.3, 0.4) is 0 Å². The van der Waals surface area contributed by atoms with Crippen molar-refractivity contribution in [3.05, 3.63) is 36.1 Å². The third-order valence-corrected chi connectivity index (χ3v) is 1.97. The molecule has 0 fully saturated rings. The molecular weight excluding hydrogens is 140 g/mol. The standard InChI is InChI=1S/C9H10O2/c10-9-5-2-1-4-8(9)11-7-3-6-9/h1-4,6,10H,5,7H2. The highest BCUT2D eigenvalue weighted by atomic mass is 16.5. The number of hydrogen-bond acceptors (Lipinski definition) is 2. The number of hydrogen-bond donors (Lipinski definition) is 1. The molecule has 0 radical (unpaired) electrons. The molecule has 1 aliphatic heterocycles. The van der Waals surface area contributed by atoms with Crippen LogP contribution in [0, 0.1) is 0 Å². The maximum atomic E-state index is 9.86. The Bertz CT molecular complexity index is 250. The molecule has 0 bridgehead atoms. The topological polar surface area (TPSA) is 29.5 Å². The highest BCUT2D eigenvalue weighted by Crippen LogP contribution is 2.30. The van der Waals surface area contributed by atoms with E-state index < -0.39 is 5.60 Å². The van der Waals surface area contributed by atoms with Crippen LogP contribution in [0.2, 0.25) is 0 Å². The summed E-state index contributed by atoms with van der Waals surface area (Å²) in [6.45, 7) is 0.571. The van der Waals surface area contributed by atoms with E-state index in [-0.39, 0.29) is 0 Å². The molecule has 2 rings (SSSR count). The van der Waals surface area contributed by atoms with Crippen molar-refractivity contribution >= 4 is 0 Å². The maximum Gasteiger partial charge on any atom is 0.143 e. The van der Waals surface area contributed by atoms with Gasteiger partial charge in [-0.2, -0.15) is 0 Å². The quantitative estimate of drug-likeness (QED) is 0.525. The molecule has 0 aromatic carbocycles. The van der Waals surface area contributed by atoms with Crippen LogP contribution >= 0.6 is 0 Å². The summed E-state index contributed by atoms with van der Waals surface area (Å²) in [5, 5.41) is 9.86. The molecule has 2 aliphatic rings. The van der Waals surface area contributed by atoms with Crippen molar-refractivity contribution in [2.24, 2.45) is 0 Å². The van der Waals surface area contributed by atoms with Gasteiger partial charge in [-0.15, -0.1) is 0 Å². The molecule has 1 unspecified atom stereocenters. The normalized spacial score (nSPS) is 34.1. The predicted molar refractivity (Wildman–Crippen MR) is 41.9 cm³/mol. The zero-order chi connectivity index (χ0) is 7.73. The van der Waals surface area contributed by atoms with Gasteiger partial charge in [0, 0.05) is 6.42 Å². The zero-order valence-corrected chi connectivity index (χ0v) is 6.16. The van der Waals surface area contributed by atoms with E-state index >= 15 is 0 Å². The molecule has 1 atom stereocenters. The highest BCUT2D eigenvalue weighted by Gasteiger charge is 2.32. The smallest absolute Gasteiger partial charge is 0.143 e. The second kappa shape index (κ2) is 2.24. The summed E-state index contributed by atoms with van der Waals surface area (Å²) in [6, 6.07) is 0. The molecule has 0 saturated carbocycles. The summed E-state index contributed by atoms with van der Waals surface area (Å²) in [5.41, 5.74) is -0.854. The van der Waals surface area contributed by atoms with Crippen LogP contribution in [-0.4, -0.2) is 17.3 Å². The van der Waals surface area contributed by atoms with Crippen molar-refractivity contribution in [1.29, 1.82) is 0 Å². The Hall–Kier alpha value is -1.02. The van der Waals surface area contributed by atoms with Crippen LogP contribution in [0.1, 0.15) is 6.42 Å². The number of fused-ring (bicyclic) bond motifs is 1. The van der Waals surface area contributed by atoms with E-state index in [1.807, 2.05) is 24.3 Å². The maximum absolute atomic E-state index is 9.86. The Kier molecular flexibility index (Phi) is 1.36. The first-order chi connectivity index (χ1) is 5.31. The number of allylic oxidation sites excluding steroid dienone is 2. The minimum atomic E-state index is -0.854. The second-order valence-electron chi connectivity index (χ2n) is 2.80. The zero-order valence-electron chi connectivity index (χ0n) is 6.16. The Morgan fingerprint density at radius 1 is 1.45 bits per heavy atom. The van der Waals surface area contributed by atoms with Gasteiger partial charge in [0.25, 0.3) is 0 Å². The Balaban J connectivity index is 2.38. The molecule has 11 heavy (non-hydrogen) atoms. The van der Waals surface area contributed by atoms with Gasteiger partial charge in [0.2, 0.25) is 0 Å². The van der Waals surface area contributed by atoms with Gasteiger partial charge in [0.1, 0.15) is 18.0 Å². The molecule has 58 valence electrons. The summed E-state index contributed by atoms with van der Waals surface area (Å²) in [7, 11) is 0. The van der Waals surface area contributed by atoms with Crippen molar-refractivity contribution in [2.75, 3.05) is 6.61 Å². The molecule has 0 amide bonds. The van der Waals surface area contributed by atoms with Crippen LogP contribution in [-0.2, 0) is 4.74 Å². The average Bonchev–Trinajstić information content (AvgIpc) is 2.03. The lowest BCUT2D eigenvalue weighted by molar-refractivity contribution is 0.0444. The first-order valence-electron chi connectivity index (χ1n) is 3.71. The van der Waals surface area contributed by atoms with Gasteiger partial charge in [0.15, 0.2) is 0 Å². The summed E-state index contributed by atoms with van der Waals surface area (Å²) in [6.07, 6.45) is 9.91. The predicted octanol–water partition coefficient (Wildman–Crippen LogP) is 1.15. The minimum Gasteiger partial charge on any atom is -0.490 e. The van der Waals surface area contributed by atoms with Gasteiger partial charge < -0.3 is 9.84 Å². The largest absolute Gasteiger partial charge is 0.490 e. The van der Waals surface area contributed by atoms with E-state index in [1.54, 1.807) is 6.08 Å². The van der Waals surface area contributed by atoms with E-state index in [0.29, 0.717) is 18.8 Å². The van der Waals surface area contributed by atoms with E-state index in [4.69, 9.17) is 4.74 Å². The lowest BCUT2D eigenvalue weighted by Gasteiger charge is -2.30. The minimum absolute atomic E-state index is 0.571. The van der Waals surface area contributed by atoms with Gasteiger partial charge in [-0.05, 0) is 18.2 Å². The SMILES string of the molecule is OC12C=CCOC1=CC=CC2. The molecule has 1 aliphatic carbocycles. The summed E-state index contributed by atoms with van der Waals surface area (Å²) in [4.78, 5) is 0. The molecule has 1 heterocycles. The van der Waals surface area contributed by atoms with Crippen molar-refractivity contribution in [3.63, 3.8) is 0 Å². The molecule has 0 aromatic heterocycles. The second-order valence-corrected chi connectivity index (χ2v) is 2.80. The van der Waals surface area contributed by atoms with E-state index in [0.717, 1.165) is 0 Å². The van der Waals surface area contributed by atoms with Gasteiger partial charge in [-0.25, -0.2) is 0 Å². The molecule has 0 saturated heterocycles. The van der Waals surface area contributed by atoms with Crippen LogP contribution in [0.15, 0.2) is 36.1 Å². The summed E-state index contributed by atoms with van der Waals surface area (Å²) < 4.78 is 5.26. The fourth-order valence-corrected chi connectivity index (χ4v) is 1.35. The molecule has 1 N–H and O–H groups in total. The van der Waals surface area contributed by atoms with Crippen molar-refractivity contribution in [1.82, 2.24) is 0 Å². The molecule has 2 heteroatoms. The average molecular weight is 150 g/mol. The monoisotopic (exact) mass is 150 g/mol. The lowest BCUT2D eigenvalue weighted by Crippen LogP contribution is -2.33. The number of rotatable bonds is 0. The van der Waals surface area contributed by atoms with Crippen LogP contribution < -0.4 is 0 Å². The molecular formula is C9H10O2. The van der Waals surface area contributed by atoms with Gasteiger partial charge in [0.05, 0.1) is 0 Å². The Morgan fingerprint density at radius 3 is 3.18 bits per heavy atom. The van der Waals surface area contributed by atoms with Gasteiger partial charge in [-0.1, -0.05) is 12.2 Å². The Labute approximate surface area is 65.5 Å². The number of aliphatic hydroxyl groups is 1. The first kappa shape index (κ1) is 6.68. The van der Waals surface area contributed by atoms with Gasteiger partial charge >= 0.3 is 0 Å². The fraction of sp³-hybridized carbons (Fsp3) is 0.333. The van der Waals surface area contributed by atoms with E-state index in [9.17, 15) is 5.11 Å². The fourth-order valence-electron chi connectivity index (χ4n) is 1.35. The lowest BCUT2D eigenvalue weighted by atomic mass is 9.91. The first-order valence-corrected chi connectivity index (χ1v) is 3.71. The van der Waals surface area contributed by atoms with E-state index in [2.05, 4.69) is 0 Å². The Morgan fingerprint density at radius 2 is 2.36 bits per heavy atom. The van der Waals surface area contributed by atoms with Crippen molar-refractivity contribution in [3.8, 4) is 0 Å². The molecule has 0 aromatic rings. The molecule has 2 nitrogen and oxygen atoms in total. The number of ether oxygens (including phenoxy) is 1. The van der Waals surface area contributed by atoms with Crippen molar-refractivity contribution < 1.29 is 9.84 Å². The van der Waals surface area contributed by atoms with Crippen molar-refractivity contribution in [2.45, 2.75) is 12.0 Å². The van der Waals surface area contributed by atoms with Crippen LogP contribution in [0.5, 0.6) is 0 Å². The van der Waals surface area contributed by atoms with Crippen LogP contribution in [0.25, 0.3) is 0 Å².